The van der Waals surface area contributed by atoms with Gasteiger partial charge in [-0.3, -0.25) is 4.79 Å². The van der Waals surface area contributed by atoms with Gasteiger partial charge >= 0.3 is 0 Å². The Balaban J connectivity index is 1.37. The van der Waals surface area contributed by atoms with Crippen LogP contribution in [0.5, 0.6) is 5.75 Å². The molecule has 1 saturated heterocycles. The number of aryl methyl sites for hydroxylation is 2. The first-order chi connectivity index (χ1) is 14.9. The van der Waals surface area contributed by atoms with Crippen LogP contribution in [0, 0.1) is 6.92 Å². The number of sulfonamides is 1. The predicted octanol–water partition coefficient (Wildman–Crippen LogP) is 2.59. The maximum Gasteiger partial charge on any atom is 0.258 e. The summed E-state index contributed by atoms with van der Waals surface area (Å²) in [6.45, 7) is 3.17. The van der Waals surface area contributed by atoms with Gasteiger partial charge in [0.15, 0.2) is 6.61 Å². The number of morpholine rings is 1. The van der Waals surface area contributed by atoms with Gasteiger partial charge in [0, 0.05) is 13.1 Å². The molecule has 1 amide bonds. The van der Waals surface area contributed by atoms with Crippen LogP contribution in [-0.4, -0.2) is 51.5 Å². The SMILES string of the molecule is Cc1cc(S(=O)(=O)N2CCOCC2)ccc1OCC(=O)N[C@H]1CCCc2ccccc21. The number of carbonyl (C=O) groups excluding carboxylic acids is 1. The Morgan fingerprint density at radius 1 is 1.19 bits per heavy atom. The van der Waals surface area contributed by atoms with Gasteiger partial charge in [0.1, 0.15) is 5.75 Å². The quantitative estimate of drug-likeness (QED) is 0.740. The zero-order chi connectivity index (χ0) is 21.8. The Hall–Kier alpha value is -2.42. The van der Waals surface area contributed by atoms with Gasteiger partial charge in [-0.25, -0.2) is 8.42 Å². The highest BCUT2D eigenvalue weighted by Gasteiger charge is 2.27. The second-order valence-corrected chi connectivity index (χ2v) is 9.88. The number of fused-ring (bicyclic) bond motifs is 1. The Kier molecular flexibility index (Phi) is 6.60. The number of benzene rings is 2. The summed E-state index contributed by atoms with van der Waals surface area (Å²) in [6, 6.07) is 12.9. The highest BCUT2D eigenvalue weighted by atomic mass is 32.2. The maximum atomic E-state index is 12.8. The molecule has 8 heteroatoms. The third-order valence-electron chi connectivity index (χ3n) is 5.82. The molecule has 1 N–H and O–H groups in total. The molecule has 1 fully saturated rings. The Bertz CT molecular complexity index is 1050. The van der Waals surface area contributed by atoms with Gasteiger partial charge in [0.25, 0.3) is 5.91 Å². The molecular weight excluding hydrogens is 416 g/mol. The summed E-state index contributed by atoms with van der Waals surface area (Å²) in [6.07, 6.45) is 2.99. The molecule has 0 radical (unpaired) electrons. The fourth-order valence-electron chi connectivity index (χ4n) is 4.16. The average molecular weight is 445 g/mol. The van der Waals surface area contributed by atoms with Crippen LogP contribution in [0.3, 0.4) is 0 Å². The molecule has 2 aliphatic rings. The first-order valence-corrected chi connectivity index (χ1v) is 12.1. The minimum Gasteiger partial charge on any atom is -0.484 e. The molecule has 31 heavy (non-hydrogen) atoms. The summed E-state index contributed by atoms with van der Waals surface area (Å²) in [5.74, 6) is 0.311. The Morgan fingerprint density at radius 2 is 1.97 bits per heavy atom. The minimum absolute atomic E-state index is 0.00295. The standard InChI is InChI=1S/C23H28N2O5S/c1-17-15-19(31(27,28)25-11-13-29-14-12-25)9-10-22(17)30-16-23(26)24-21-8-4-6-18-5-2-3-7-20(18)21/h2-3,5,7,9-10,15,21H,4,6,8,11-14,16H2,1H3,(H,24,26)/t21-/m0/s1. The normalized spacial score (nSPS) is 19.5. The number of nitrogens with one attached hydrogen (secondary N) is 1. The van der Waals surface area contributed by atoms with Crippen molar-refractivity contribution >= 4 is 15.9 Å². The van der Waals surface area contributed by atoms with E-state index in [1.807, 2.05) is 12.1 Å². The molecule has 0 saturated carbocycles. The fraction of sp³-hybridized carbons (Fsp3) is 0.435. The summed E-state index contributed by atoms with van der Waals surface area (Å²) in [5.41, 5.74) is 3.13. The summed E-state index contributed by atoms with van der Waals surface area (Å²) < 4.78 is 38.0. The van der Waals surface area contributed by atoms with Crippen molar-refractivity contribution in [2.75, 3.05) is 32.9 Å². The zero-order valence-electron chi connectivity index (χ0n) is 17.7. The van der Waals surface area contributed by atoms with Crippen LogP contribution in [0.25, 0.3) is 0 Å². The van der Waals surface area contributed by atoms with Gasteiger partial charge in [0.2, 0.25) is 10.0 Å². The van der Waals surface area contributed by atoms with Crippen molar-refractivity contribution < 1.29 is 22.7 Å². The number of rotatable bonds is 6. The molecule has 1 heterocycles. The Labute approximate surface area is 183 Å². The monoisotopic (exact) mass is 444 g/mol. The van der Waals surface area contributed by atoms with Crippen LogP contribution < -0.4 is 10.1 Å². The lowest BCUT2D eigenvalue weighted by atomic mass is 9.88. The average Bonchev–Trinajstić information content (AvgIpc) is 2.79. The van der Waals surface area contributed by atoms with Crippen LogP contribution >= 0.6 is 0 Å². The minimum atomic E-state index is -3.56. The zero-order valence-corrected chi connectivity index (χ0v) is 18.5. The van der Waals surface area contributed by atoms with E-state index in [1.165, 1.54) is 21.5 Å². The van der Waals surface area contributed by atoms with Crippen LogP contribution in [-0.2, 0) is 26.0 Å². The fourth-order valence-corrected chi connectivity index (χ4v) is 5.66. The topological polar surface area (TPSA) is 84.9 Å². The summed E-state index contributed by atoms with van der Waals surface area (Å²) in [7, 11) is -3.56. The largest absolute Gasteiger partial charge is 0.484 e. The van der Waals surface area contributed by atoms with E-state index in [9.17, 15) is 13.2 Å². The van der Waals surface area contributed by atoms with E-state index < -0.39 is 10.0 Å². The van der Waals surface area contributed by atoms with Crippen molar-refractivity contribution in [3.05, 3.63) is 59.2 Å². The first-order valence-electron chi connectivity index (χ1n) is 10.6. The molecule has 1 aliphatic carbocycles. The van der Waals surface area contributed by atoms with Crippen molar-refractivity contribution in [1.82, 2.24) is 9.62 Å². The second-order valence-electron chi connectivity index (χ2n) is 7.94. The third-order valence-corrected chi connectivity index (χ3v) is 7.71. The molecule has 166 valence electrons. The smallest absolute Gasteiger partial charge is 0.258 e. The molecule has 1 aliphatic heterocycles. The predicted molar refractivity (Wildman–Crippen MR) is 117 cm³/mol. The maximum absolute atomic E-state index is 12.8. The highest BCUT2D eigenvalue weighted by Crippen LogP contribution is 2.29. The van der Waals surface area contributed by atoms with Crippen molar-refractivity contribution in [2.45, 2.75) is 37.1 Å². The van der Waals surface area contributed by atoms with Gasteiger partial charge in [0.05, 0.1) is 24.2 Å². The highest BCUT2D eigenvalue weighted by molar-refractivity contribution is 7.89. The van der Waals surface area contributed by atoms with E-state index in [1.54, 1.807) is 19.1 Å². The molecule has 7 nitrogen and oxygen atoms in total. The lowest BCUT2D eigenvalue weighted by Crippen LogP contribution is -2.40. The lowest BCUT2D eigenvalue weighted by molar-refractivity contribution is -0.124. The summed E-state index contributed by atoms with van der Waals surface area (Å²) in [5, 5.41) is 3.07. The first kappa shape index (κ1) is 21.8. The molecule has 0 unspecified atom stereocenters. The van der Waals surface area contributed by atoms with Crippen LogP contribution in [0.15, 0.2) is 47.4 Å². The van der Waals surface area contributed by atoms with Crippen LogP contribution in [0.4, 0.5) is 0 Å². The van der Waals surface area contributed by atoms with E-state index in [-0.39, 0.29) is 23.5 Å². The summed E-state index contributed by atoms with van der Waals surface area (Å²) >= 11 is 0. The molecule has 0 aromatic heterocycles. The third kappa shape index (κ3) is 4.92. The van der Waals surface area contributed by atoms with Gasteiger partial charge in [-0.05, 0) is 61.1 Å². The Morgan fingerprint density at radius 3 is 2.74 bits per heavy atom. The second kappa shape index (κ2) is 9.38. The van der Waals surface area contributed by atoms with Crippen LogP contribution in [0.2, 0.25) is 0 Å². The molecule has 4 rings (SSSR count). The van der Waals surface area contributed by atoms with Crippen molar-refractivity contribution in [1.29, 1.82) is 0 Å². The summed E-state index contributed by atoms with van der Waals surface area (Å²) in [4.78, 5) is 12.7. The molecule has 2 aromatic carbocycles. The number of hydrogen-bond acceptors (Lipinski definition) is 5. The molecular formula is C23H28N2O5S. The molecule has 0 bridgehead atoms. The van der Waals surface area contributed by atoms with E-state index in [2.05, 4.69) is 17.4 Å². The van der Waals surface area contributed by atoms with E-state index in [0.29, 0.717) is 37.6 Å². The van der Waals surface area contributed by atoms with Crippen molar-refractivity contribution in [3.63, 3.8) is 0 Å². The van der Waals surface area contributed by atoms with Gasteiger partial charge in [-0.15, -0.1) is 0 Å². The van der Waals surface area contributed by atoms with Gasteiger partial charge in [-0.1, -0.05) is 24.3 Å². The van der Waals surface area contributed by atoms with E-state index >= 15 is 0 Å². The molecule has 2 aromatic rings. The number of nitrogens with zero attached hydrogens (tertiary/aromatic N) is 1. The van der Waals surface area contributed by atoms with E-state index in [0.717, 1.165) is 19.3 Å². The van der Waals surface area contributed by atoms with E-state index in [4.69, 9.17) is 9.47 Å². The van der Waals surface area contributed by atoms with Crippen molar-refractivity contribution in [2.24, 2.45) is 0 Å². The van der Waals surface area contributed by atoms with Crippen molar-refractivity contribution in [3.8, 4) is 5.75 Å². The van der Waals surface area contributed by atoms with Gasteiger partial charge in [-0.2, -0.15) is 4.31 Å². The number of hydrogen-bond donors (Lipinski definition) is 1. The lowest BCUT2D eigenvalue weighted by Gasteiger charge is -2.26. The van der Waals surface area contributed by atoms with Crippen LogP contribution in [0.1, 0.15) is 35.6 Å². The molecule has 1 atom stereocenters. The van der Waals surface area contributed by atoms with Gasteiger partial charge < -0.3 is 14.8 Å². The molecule has 0 spiro atoms. The number of carbonyl (C=O) groups is 1. The number of ether oxygens (including phenoxy) is 2. The number of amides is 1.